The van der Waals surface area contributed by atoms with E-state index >= 15 is 0 Å². The highest BCUT2D eigenvalue weighted by molar-refractivity contribution is 7.16. The SMILES string of the molecule is COC(=O)c1c(NC(=O)C[n+]2ccccc2C)sc(C)c1C. The molecule has 0 atom stereocenters. The van der Waals surface area contributed by atoms with Crippen molar-refractivity contribution in [3.8, 4) is 0 Å². The average Bonchev–Trinajstić information content (AvgIpc) is 2.75. The lowest BCUT2D eigenvalue weighted by atomic mass is 10.1. The van der Waals surface area contributed by atoms with Crippen LogP contribution in [0, 0.1) is 20.8 Å². The number of thiophene rings is 1. The monoisotopic (exact) mass is 319 g/mol. The highest BCUT2D eigenvalue weighted by Gasteiger charge is 2.22. The fourth-order valence-electron chi connectivity index (χ4n) is 2.12. The molecule has 0 fully saturated rings. The number of esters is 1. The zero-order chi connectivity index (χ0) is 16.3. The molecule has 0 radical (unpaired) electrons. The number of aryl methyl sites for hydroxylation is 2. The third-order valence-electron chi connectivity index (χ3n) is 3.51. The molecule has 22 heavy (non-hydrogen) atoms. The highest BCUT2D eigenvalue weighted by Crippen LogP contribution is 2.32. The first-order valence-electron chi connectivity index (χ1n) is 6.87. The van der Waals surface area contributed by atoms with Gasteiger partial charge in [0.1, 0.15) is 5.00 Å². The molecule has 2 aromatic rings. The number of nitrogens with zero attached hydrogens (tertiary/aromatic N) is 1. The Bertz CT molecular complexity index is 722. The van der Waals surface area contributed by atoms with Gasteiger partial charge in [0, 0.05) is 23.9 Å². The van der Waals surface area contributed by atoms with E-state index in [2.05, 4.69) is 5.32 Å². The number of anilines is 1. The summed E-state index contributed by atoms with van der Waals surface area (Å²) in [5.74, 6) is -0.605. The van der Waals surface area contributed by atoms with E-state index in [4.69, 9.17) is 4.74 Å². The summed E-state index contributed by atoms with van der Waals surface area (Å²) in [4.78, 5) is 25.1. The van der Waals surface area contributed by atoms with Gasteiger partial charge in [-0.2, -0.15) is 4.57 Å². The molecule has 1 N–H and O–H groups in total. The maximum atomic E-state index is 12.2. The standard InChI is InChI=1S/C16H18N2O3S/c1-10-7-5-6-8-18(10)9-13(19)17-15-14(16(20)21-4)11(2)12(3)22-15/h5-8H,9H2,1-4H3/p+1. The van der Waals surface area contributed by atoms with Crippen LogP contribution in [-0.2, 0) is 16.1 Å². The molecule has 0 saturated carbocycles. The topological polar surface area (TPSA) is 59.3 Å². The molecule has 116 valence electrons. The van der Waals surface area contributed by atoms with E-state index in [1.54, 1.807) is 0 Å². The van der Waals surface area contributed by atoms with Gasteiger partial charge < -0.3 is 10.1 Å². The van der Waals surface area contributed by atoms with Gasteiger partial charge >= 0.3 is 5.97 Å². The van der Waals surface area contributed by atoms with Crippen molar-refractivity contribution in [1.29, 1.82) is 0 Å². The summed E-state index contributed by atoms with van der Waals surface area (Å²) in [5.41, 5.74) is 2.27. The minimum atomic E-state index is -0.430. The predicted molar refractivity (Wildman–Crippen MR) is 85.1 cm³/mol. The Kier molecular flexibility index (Phi) is 4.92. The minimum absolute atomic E-state index is 0.175. The Hall–Kier alpha value is -2.21. The minimum Gasteiger partial charge on any atom is -0.465 e. The zero-order valence-electron chi connectivity index (χ0n) is 13.1. The number of methoxy groups -OCH3 is 1. The molecule has 0 saturated heterocycles. The van der Waals surface area contributed by atoms with Gasteiger partial charge in [-0.25, -0.2) is 4.79 Å². The molecule has 2 aromatic heterocycles. The molecule has 5 nitrogen and oxygen atoms in total. The van der Waals surface area contributed by atoms with E-state index in [-0.39, 0.29) is 12.5 Å². The summed E-state index contributed by atoms with van der Waals surface area (Å²) in [6.45, 7) is 5.90. The zero-order valence-corrected chi connectivity index (χ0v) is 13.9. The molecule has 0 aromatic carbocycles. The fraction of sp³-hybridized carbons (Fsp3) is 0.312. The molecule has 0 aliphatic rings. The van der Waals surface area contributed by atoms with Gasteiger partial charge in [0.2, 0.25) is 6.54 Å². The third kappa shape index (κ3) is 3.33. The molecule has 0 spiro atoms. The van der Waals surface area contributed by atoms with Crippen molar-refractivity contribution in [2.45, 2.75) is 27.3 Å². The maximum absolute atomic E-state index is 12.2. The van der Waals surface area contributed by atoms with Crippen LogP contribution in [0.25, 0.3) is 0 Å². The first-order chi connectivity index (χ1) is 10.4. The van der Waals surface area contributed by atoms with Gasteiger partial charge in [-0.1, -0.05) is 6.07 Å². The van der Waals surface area contributed by atoms with Crippen molar-refractivity contribution < 1.29 is 18.9 Å². The molecular weight excluding hydrogens is 300 g/mol. The number of aromatic nitrogens is 1. The van der Waals surface area contributed by atoms with E-state index in [9.17, 15) is 9.59 Å². The lowest BCUT2D eigenvalue weighted by Crippen LogP contribution is -2.42. The fourth-order valence-corrected chi connectivity index (χ4v) is 3.19. The van der Waals surface area contributed by atoms with Crippen molar-refractivity contribution in [3.63, 3.8) is 0 Å². The lowest BCUT2D eigenvalue weighted by molar-refractivity contribution is -0.690. The van der Waals surface area contributed by atoms with E-state index in [0.29, 0.717) is 10.6 Å². The second-order valence-electron chi connectivity index (χ2n) is 5.00. The smallest absolute Gasteiger partial charge is 0.341 e. The van der Waals surface area contributed by atoms with Gasteiger partial charge in [0.05, 0.1) is 12.7 Å². The van der Waals surface area contributed by atoms with Crippen molar-refractivity contribution in [2.75, 3.05) is 12.4 Å². The van der Waals surface area contributed by atoms with Crippen LogP contribution in [0.4, 0.5) is 5.00 Å². The Morgan fingerprint density at radius 2 is 2.00 bits per heavy atom. The van der Waals surface area contributed by atoms with Crippen molar-refractivity contribution in [1.82, 2.24) is 0 Å². The van der Waals surface area contributed by atoms with Gasteiger partial charge in [0.25, 0.3) is 5.91 Å². The number of carbonyl (C=O) groups is 2. The average molecular weight is 319 g/mol. The summed E-state index contributed by atoms with van der Waals surface area (Å²) >= 11 is 1.39. The molecule has 1 amide bonds. The third-order valence-corrected chi connectivity index (χ3v) is 4.63. The molecular formula is C16H19N2O3S+. The van der Waals surface area contributed by atoms with Crippen molar-refractivity contribution in [2.24, 2.45) is 0 Å². The predicted octanol–water partition coefficient (Wildman–Crippen LogP) is 2.39. The highest BCUT2D eigenvalue weighted by atomic mass is 32.1. The van der Waals surface area contributed by atoms with Crippen LogP contribution >= 0.6 is 11.3 Å². The van der Waals surface area contributed by atoms with Crippen molar-refractivity contribution in [3.05, 3.63) is 46.1 Å². The number of pyridine rings is 1. The quantitative estimate of drug-likeness (QED) is 0.695. The molecule has 0 aliphatic carbocycles. The summed E-state index contributed by atoms with van der Waals surface area (Å²) in [5, 5.41) is 3.36. The van der Waals surface area contributed by atoms with Crippen LogP contribution in [-0.4, -0.2) is 19.0 Å². The maximum Gasteiger partial charge on any atom is 0.341 e. The Labute approximate surface area is 133 Å². The summed E-state index contributed by atoms with van der Waals surface area (Å²) in [6, 6.07) is 5.73. The number of rotatable bonds is 4. The van der Waals surface area contributed by atoms with Gasteiger partial charge in [0.15, 0.2) is 11.9 Å². The molecule has 0 bridgehead atoms. The van der Waals surface area contributed by atoms with Gasteiger partial charge in [-0.15, -0.1) is 11.3 Å². The van der Waals surface area contributed by atoms with Crippen LogP contribution in [0.15, 0.2) is 24.4 Å². The molecule has 6 heteroatoms. The first kappa shape index (κ1) is 16.2. The largest absolute Gasteiger partial charge is 0.465 e. The number of ether oxygens (including phenoxy) is 1. The van der Waals surface area contributed by atoms with E-state index < -0.39 is 5.97 Å². The normalized spacial score (nSPS) is 10.4. The molecule has 2 rings (SSSR count). The van der Waals surface area contributed by atoms with Crippen LogP contribution in [0.5, 0.6) is 0 Å². The second-order valence-corrected chi connectivity index (χ2v) is 6.22. The second kappa shape index (κ2) is 6.70. The Morgan fingerprint density at radius 3 is 2.64 bits per heavy atom. The number of nitrogens with one attached hydrogen (secondary N) is 1. The number of hydrogen-bond donors (Lipinski definition) is 1. The lowest BCUT2D eigenvalue weighted by Gasteiger charge is -2.05. The van der Waals surface area contributed by atoms with E-state index in [1.807, 2.05) is 49.7 Å². The van der Waals surface area contributed by atoms with Gasteiger partial charge in [-0.05, 0) is 19.4 Å². The summed E-state index contributed by atoms with van der Waals surface area (Å²) < 4.78 is 6.65. The van der Waals surface area contributed by atoms with Crippen LogP contribution in [0.3, 0.4) is 0 Å². The molecule has 2 heterocycles. The van der Waals surface area contributed by atoms with Crippen molar-refractivity contribution >= 4 is 28.2 Å². The van der Waals surface area contributed by atoms with Crippen LogP contribution in [0.1, 0.15) is 26.5 Å². The van der Waals surface area contributed by atoms with Gasteiger partial charge in [-0.3, -0.25) is 4.79 Å². The number of amides is 1. The summed E-state index contributed by atoms with van der Waals surface area (Å²) in [6.07, 6.45) is 1.85. The van der Waals surface area contributed by atoms with E-state index in [1.165, 1.54) is 18.4 Å². The van der Waals surface area contributed by atoms with Crippen LogP contribution < -0.4 is 9.88 Å². The van der Waals surface area contributed by atoms with Crippen LogP contribution in [0.2, 0.25) is 0 Å². The first-order valence-corrected chi connectivity index (χ1v) is 7.69. The molecule has 0 unspecified atom stereocenters. The molecule has 0 aliphatic heterocycles. The Balaban J connectivity index is 2.21. The number of carbonyl (C=O) groups excluding carboxylic acids is 2. The van der Waals surface area contributed by atoms with E-state index in [0.717, 1.165) is 16.1 Å². The Morgan fingerprint density at radius 1 is 1.27 bits per heavy atom. The summed E-state index contributed by atoms with van der Waals surface area (Å²) in [7, 11) is 1.34. The number of hydrogen-bond acceptors (Lipinski definition) is 4.